The van der Waals surface area contributed by atoms with Gasteiger partial charge in [0, 0.05) is 13.1 Å². The maximum absolute atomic E-state index is 13.1. The molecule has 0 saturated carbocycles. The van der Waals surface area contributed by atoms with E-state index in [4.69, 9.17) is 14.2 Å². The Morgan fingerprint density at radius 1 is 1.06 bits per heavy atom. The molecule has 1 spiro atoms. The molecule has 0 bridgehead atoms. The van der Waals surface area contributed by atoms with Crippen LogP contribution in [0.3, 0.4) is 0 Å². The van der Waals surface area contributed by atoms with Gasteiger partial charge in [-0.15, -0.1) is 0 Å². The molecule has 0 N–H and O–H groups in total. The van der Waals surface area contributed by atoms with E-state index in [1.165, 1.54) is 5.56 Å². The molecule has 3 heterocycles. The van der Waals surface area contributed by atoms with Gasteiger partial charge >= 0.3 is 0 Å². The predicted octanol–water partition coefficient (Wildman–Crippen LogP) is 3.35. The van der Waals surface area contributed by atoms with Crippen LogP contribution in [-0.2, 0) is 16.8 Å². The number of ether oxygens (including phenoxy) is 3. The van der Waals surface area contributed by atoms with Crippen molar-refractivity contribution in [2.24, 2.45) is 0 Å². The molecule has 160 valence electrons. The van der Waals surface area contributed by atoms with E-state index in [9.17, 15) is 4.79 Å². The molecule has 0 radical (unpaired) electrons. The fraction of sp³-hybridized carbons (Fsp3) is 0.375. The van der Waals surface area contributed by atoms with Crippen LogP contribution in [0.4, 0.5) is 0 Å². The average Bonchev–Trinajstić information content (AvgIpc) is 2.83. The highest BCUT2D eigenvalue weighted by Crippen LogP contribution is 2.45. The second-order valence-corrected chi connectivity index (χ2v) is 7.99. The van der Waals surface area contributed by atoms with E-state index >= 15 is 0 Å². The summed E-state index contributed by atoms with van der Waals surface area (Å²) in [5, 5.41) is 0. The van der Waals surface area contributed by atoms with Crippen molar-refractivity contribution in [3.63, 3.8) is 0 Å². The van der Waals surface area contributed by atoms with Crippen molar-refractivity contribution < 1.29 is 19.0 Å². The minimum Gasteiger partial charge on any atom is -0.493 e. The molecule has 3 aromatic rings. The summed E-state index contributed by atoms with van der Waals surface area (Å²) in [7, 11) is 3.30. The molecule has 2 aliphatic heterocycles. The number of likely N-dealkylation sites (tertiary alicyclic amines) is 1. The van der Waals surface area contributed by atoms with Gasteiger partial charge in [0.1, 0.15) is 5.69 Å². The molecule has 31 heavy (non-hydrogen) atoms. The summed E-state index contributed by atoms with van der Waals surface area (Å²) in [4.78, 5) is 23.8. The lowest BCUT2D eigenvalue weighted by molar-refractivity contribution is -0.0936. The third-order valence-corrected chi connectivity index (χ3v) is 6.38. The number of hydrogen-bond acceptors (Lipinski definition) is 6. The normalized spacial score (nSPS) is 17.4. The highest BCUT2D eigenvalue weighted by Gasteiger charge is 2.42. The number of piperidine rings is 1. The molecule has 0 aliphatic carbocycles. The molecule has 0 atom stereocenters. The van der Waals surface area contributed by atoms with Gasteiger partial charge in [-0.3, -0.25) is 9.78 Å². The van der Waals surface area contributed by atoms with E-state index < -0.39 is 5.60 Å². The first-order valence-corrected chi connectivity index (χ1v) is 10.5. The molecule has 2 aromatic carbocycles. The van der Waals surface area contributed by atoms with Crippen molar-refractivity contribution >= 4 is 16.9 Å². The zero-order valence-electron chi connectivity index (χ0n) is 17.8. The summed E-state index contributed by atoms with van der Waals surface area (Å²) < 4.78 is 17.3. The van der Waals surface area contributed by atoms with Gasteiger partial charge in [0.2, 0.25) is 0 Å². The zero-order valence-corrected chi connectivity index (χ0v) is 17.8. The first-order chi connectivity index (χ1) is 15.1. The van der Waals surface area contributed by atoms with E-state index in [1.807, 2.05) is 35.2 Å². The Kier molecular flexibility index (Phi) is 4.98. The second kappa shape index (κ2) is 7.81. The lowest BCUT2D eigenvalue weighted by atomic mass is 9.79. The SMILES string of the molecule is COc1cc2c(cc1OC)C1(CCN(C(=O)c3cnc4ccccc4n3)CC1)OCC2. The van der Waals surface area contributed by atoms with Crippen molar-refractivity contribution in [3.8, 4) is 11.5 Å². The predicted molar refractivity (Wildman–Crippen MR) is 116 cm³/mol. The Labute approximate surface area is 181 Å². The number of carbonyl (C=O) groups excluding carboxylic acids is 1. The maximum Gasteiger partial charge on any atom is 0.274 e. The summed E-state index contributed by atoms with van der Waals surface area (Å²) in [6, 6.07) is 11.7. The molecule has 1 saturated heterocycles. The molecule has 7 nitrogen and oxygen atoms in total. The highest BCUT2D eigenvalue weighted by atomic mass is 16.5. The highest BCUT2D eigenvalue weighted by molar-refractivity contribution is 5.93. The van der Waals surface area contributed by atoms with Gasteiger partial charge in [-0.05, 0) is 54.7 Å². The summed E-state index contributed by atoms with van der Waals surface area (Å²) in [5.74, 6) is 1.35. The number of carbonyl (C=O) groups is 1. The van der Waals surface area contributed by atoms with E-state index in [0.717, 1.165) is 41.6 Å². The molecule has 1 amide bonds. The molecular weight excluding hydrogens is 394 g/mol. The van der Waals surface area contributed by atoms with Crippen molar-refractivity contribution in [3.05, 3.63) is 59.4 Å². The average molecular weight is 419 g/mol. The van der Waals surface area contributed by atoms with Crippen LogP contribution in [0.25, 0.3) is 11.0 Å². The second-order valence-electron chi connectivity index (χ2n) is 7.99. The monoisotopic (exact) mass is 419 g/mol. The molecule has 7 heteroatoms. The standard InChI is InChI=1S/C24H25N3O4/c1-29-21-13-16-7-12-31-24(17(16)14-22(21)30-2)8-10-27(11-9-24)23(28)20-15-25-18-5-3-4-6-19(18)26-20/h3-6,13-15H,7-12H2,1-2H3. The van der Waals surface area contributed by atoms with Crippen LogP contribution < -0.4 is 9.47 Å². The first kappa shape index (κ1) is 19.8. The minimum absolute atomic E-state index is 0.0866. The molecule has 2 aliphatic rings. The van der Waals surface area contributed by atoms with Gasteiger partial charge < -0.3 is 19.1 Å². The smallest absolute Gasteiger partial charge is 0.274 e. The molecular formula is C24H25N3O4. The molecule has 0 unspecified atom stereocenters. The number of hydrogen-bond donors (Lipinski definition) is 0. The lowest BCUT2D eigenvalue weighted by Crippen LogP contribution is -2.48. The first-order valence-electron chi connectivity index (χ1n) is 10.5. The Balaban J connectivity index is 1.38. The van der Waals surface area contributed by atoms with E-state index in [-0.39, 0.29) is 5.91 Å². The van der Waals surface area contributed by atoms with Gasteiger partial charge in [0.15, 0.2) is 11.5 Å². The summed E-state index contributed by atoms with van der Waals surface area (Å²) in [6.07, 6.45) is 3.86. The number of aromatic nitrogens is 2. The van der Waals surface area contributed by atoms with E-state index in [1.54, 1.807) is 20.4 Å². The minimum atomic E-state index is -0.404. The Morgan fingerprint density at radius 3 is 2.52 bits per heavy atom. The maximum atomic E-state index is 13.1. The van der Waals surface area contributed by atoms with Gasteiger partial charge in [-0.2, -0.15) is 0 Å². The number of benzene rings is 2. The number of para-hydroxylation sites is 2. The zero-order chi connectivity index (χ0) is 21.4. The van der Waals surface area contributed by atoms with Gasteiger partial charge in [0.25, 0.3) is 5.91 Å². The summed E-state index contributed by atoms with van der Waals surface area (Å²) >= 11 is 0. The van der Waals surface area contributed by atoms with Crippen LogP contribution in [0.15, 0.2) is 42.6 Å². The molecule has 1 fully saturated rings. The lowest BCUT2D eigenvalue weighted by Gasteiger charge is -2.45. The van der Waals surface area contributed by atoms with E-state index in [0.29, 0.717) is 31.1 Å². The van der Waals surface area contributed by atoms with Crippen LogP contribution >= 0.6 is 0 Å². The Hall–Kier alpha value is -3.19. The largest absolute Gasteiger partial charge is 0.493 e. The number of fused-ring (bicyclic) bond motifs is 3. The number of rotatable bonds is 3. The Bertz CT molecular complexity index is 1140. The van der Waals surface area contributed by atoms with Crippen LogP contribution in [-0.4, -0.2) is 54.7 Å². The quantitative estimate of drug-likeness (QED) is 0.648. The summed E-state index contributed by atoms with van der Waals surface area (Å²) in [5.41, 5.74) is 3.86. The Morgan fingerprint density at radius 2 is 1.77 bits per heavy atom. The van der Waals surface area contributed by atoms with Crippen molar-refractivity contribution in [1.82, 2.24) is 14.9 Å². The van der Waals surface area contributed by atoms with Gasteiger partial charge in [-0.25, -0.2) is 4.98 Å². The summed E-state index contributed by atoms with van der Waals surface area (Å²) in [6.45, 7) is 1.86. The fourth-order valence-corrected chi connectivity index (χ4v) is 4.69. The van der Waals surface area contributed by atoms with Crippen molar-refractivity contribution in [2.75, 3.05) is 33.9 Å². The van der Waals surface area contributed by atoms with Crippen LogP contribution in [0.1, 0.15) is 34.5 Å². The molecule has 1 aromatic heterocycles. The van der Waals surface area contributed by atoms with Gasteiger partial charge in [0.05, 0.1) is 43.7 Å². The van der Waals surface area contributed by atoms with Crippen LogP contribution in [0.2, 0.25) is 0 Å². The molecule has 5 rings (SSSR count). The van der Waals surface area contributed by atoms with Crippen LogP contribution in [0.5, 0.6) is 11.5 Å². The number of nitrogens with zero attached hydrogens (tertiary/aromatic N) is 3. The van der Waals surface area contributed by atoms with Crippen LogP contribution in [0, 0.1) is 0 Å². The number of methoxy groups -OCH3 is 2. The van der Waals surface area contributed by atoms with Crippen molar-refractivity contribution in [2.45, 2.75) is 24.9 Å². The van der Waals surface area contributed by atoms with E-state index in [2.05, 4.69) is 16.0 Å². The fourth-order valence-electron chi connectivity index (χ4n) is 4.69. The van der Waals surface area contributed by atoms with Gasteiger partial charge in [-0.1, -0.05) is 12.1 Å². The van der Waals surface area contributed by atoms with Crippen molar-refractivity contribution in [1.29, 1.82) is 0 Å². The third-order valence-electron chi connectivity index (χ3n) is 6.38. The number of amides is 1. The topological polar surface area (TPSA) is 73.8 Å². The third kappa shape index (κ3) is 3.39.